The Bertz CT molecular complexity index is 566. The lowest BCUT2D eigenvalue weighted by Crippen LogP contribution is -2.35. The number of carbonyl (C=O) groups is 2. The molecule has 0 aliphatic carbocycles. The third kappa shape index (κ3) is 8.76. The van der Waals surface area contributed by atoms with Crippen LogP contribution in [0.25, 0.3) is 0 Å². The van der Waals surface area contributed by atoms with Gasteiger partial charge in [0, 0.05) is 38.5 Å². The fourth-order valence-corrected chi connectivity index (χ4v) is 3.29. The second kappa shape index (κ2) is 12.7. The third-order valence-electron chi connectivity index (χ3n) is 4.70. The minimum Gasteiger partial charge on any atom is -0.356 e. The Morgan fingerprint density at radius 2 is 1.81 bits per heavy atom. The van der Waals surface area contributed by atoms with Gasteiger partial charge in [-0.15, -0.1) is 12.4 Å². The van der Waals surface area contributed by atoms with Gasteiger partial charge in [-0.25, -0.2) is 0 Å². The molecule has 0 radical (unpaired) electrons. The Morgan fingerprint density at radius 3 is 2.52 bits per heavy atom. The van der Waals surface area contributed by atoms with E-state index in [0.29, 0.717) is 25.3 Å². The topological polar surface area (TPSA) is 61.4 Å². The lowest BCUT2D eigenvalue weighted by atomic mass is 10.0. The molecule has 1 aliphatic heterocycles. The molecule has 2 amide bonds. The number of amides is 2. The zero-order valence-corrected chi connectivity index (χ0v) is 17.4. The standard InChI is InChI=1S/C21H33N3O2.ClH/c1-17(2)15-21(26)24-13-7-6-11-23-20(25)16-19(22-12-8-14-24)18-9-4-3-5-10-18;/h3-5,9-10,17,19,22H,6-8,11-16H2,1-2H3,(H,23,25);1H. The number of benzene rings is 1. The van der Waals surface area contributed by atoms with Gasteiger partial charge in [-0.2, -0.15) is 0 Å². The highest BCUT2D eigenvalue weighted by Crippen LogP contribution is 2.17. The summed E-state index contributed by atoms with van der Waals surface area (Å²) in [6, 6.07) is 10.1. The summed E-state index contributed by atoms with van der Waals surface area (Å²) in [4.78, 5) is 26.7. The van der Waals surface area contributed by atoms with Gasteiger partial charge in [0.15, 0.2) is 0 Å². The molecule has 2 N–H and O–H groups in total. The van der Waals surface area contributed by atoms with Crippen molar-refractivity contribution in [3.8, 4) is 0 Å². The van der Waals surface area contributed by atoms with Gasteiger partial charge in [-0.05, 0) is 37.3 Å². The highest BCUT2D eigenvalue weighted by Gasteiger charge is 2.18. The Hall–Kier alpha value is -1.59. The van der Waals surface area contributed by atoms with Crippen molar-refractivity contribution in [1.82, 2.24) is 15.5 Å². The Kier molecular flexibility index (Phi) is 11.1. The molecule has 1 heterocycles. The van der Waals surface area contributed by atoms with E-state index in [2.05, 4.69) is 36.6 Å². The van der Waals surface area contributed by atoms with E-state index in [1.54, 1.807) is 0 Å². The number of nitrogens with one attached hydrogen (secondary N) is 2. The maximum Gasteiger partial charge on any atom is 0.222 e. The van der Waals surface area contributed by atoms with E-state index in [-0.39, 0.29) is 30.3 Å². The molecule has 0 aromatic heterocycles. The maximum absolute atomic E-state index is 12.5. The van der Waals surface area contributed by atoms with Crippen molar-refractivity contribution in [3.63, 3.8) is 0 Å². The Balaban J connectivity index is 0.00000364. The number of nitrogens with zero attached hydrogens (tertiary/aromatic N) is 1. The summed E-state index contributed by atoms with van der Waals surface area (Å²) in [5.41, 5.74) is 1.13. The molecular formula is C21H34ClN3O2. The average Bonchev–Trinajstić information content (AvgIpc) is 2.63. The van der Waals surface area contributed by atoms with Gasteiger partial charge in [-0.1, -0.05) is 44.2 Å². The number of carbonyl (C=O) groups excluding carboxylic acids is 2. The van der Waals surface area contributed by atoms with Crippen LogP contribution in [0.15, 0.2) is 30.3 Å². The lowest BCUT2D eigenvalue weighted by Gasteiger charge is -2.24. The lowest BCUT2D eigenvalue weighted by molar-refractivity contribution is -0.132. The quantitative estimate of drug-likeness (QED) is 0.825. The van der Waals surface area contributed by atoms with Gasteiger partial charge in [0.25, 0.3) is 0 Å². The molecule has 1 fully saturated rings. The van der Waals surface area contributed by atoms with Crippen LogP contribution >= 0.6 is 12.4 Å². The van der Waals surface area contributed by atoms with Gasteiger partial charge < -0.3 is 15.5 Å². The monoisotopic (exact) mass is 395 g/mol. The van der Waals surface area contributed by atoms with Crippen molar-refractivity contribution in [2.75, 3.05) is 26.2 Å². The number of halogens is 1. The molecule has 0 spiro atoms. The number of hydrogen-bond donors (Lipinski definition) is 2. The van der Waals surface area contributed by atoms with Crippen LogP contribution in [0.2, 0.25) is 0 Å². The molecule has 0 bridgehead atoms. The van der Waals surface area contributed by atoms with Crippen molar-refractivity contribution < 1.29 is 9.59 Å². The zero-order valence-electron chi connectivity index (χ0n) is 16.6. The SMILES string of the molecule is CC(C)CC(=O)N1CCCCNC(=O)CC(c2ccccc2)NCCC1.Cl. The summed E-state index contributed by atoms with van der Waals surface area (Å²) in [7, 11) is 0. The fourth-order valence-electron chi connectivity index (χ4n) is 3.29. The second-order valence-electron chi connectivity index (χ2n) is 7.51. The van der Waals surface area contributed by atoms with Gasteiger partial charge >= 0.3 is 0 Å². The molecule has 1 atom stereocenters. The first-order valence-corrected chi connectivity index (χ1v) is 9.89. The summed E-state index contributed by atoms with van der Waals surface area (Å²) in [5, 5.41) is 6.52. The van der Waals surface area contributed by atoms with Crippen molar-refractivity contribution in [1.29, 1.82) is 0 Å². The molecule has 1 saturated heterocycles. The summed E-state index contributed by atoms with van der Waals surface area (Å²) in [5.74, 6) is 0.712. The van der Waals surface area contributed by atoms with Gasteiger partial charge in [0.2, 0.25) is 11.8 Å². The molecule has 1 unspecified atom stereocenters. The van der Waals surface area contributed by atoms with Crippen LogP contribution < -0.4 is 10.6 Å². The van der Waals surface area contributed by atoms with E-state index in [0.717, 1.165) is 44.5 Å². The van der Waals surface area contributed by atoms with Crippen molar-refractivity contribution in [3.05, 3.63) is 35.9 Å². The first-order chi connectivity index (χ1) is 12.6. The van der Waals surface area contributed by atoms with Crippen LogP contribution in [-0.4, -0.2) is 42.9 Å². The third-order valence-corrected chi connectivity index (χ3v) is 4.70. The smallest absolute Gasteiger partial charge is 0.222 e. The summed E-state index contributed by atoms with van der Waals surface area (Å²) in [6.07, 6.45) is 3.78. The van der Waals surface area contributed by atoms with E-state index in [4.69, 9.17) is 0 Å². The molecule has 6 heteroatoms. The van der Waals surface area contributed by atoms with Crippen molar-refractivity contribution in [2.45, 2.75) is 52.0 Å². The molecule has 5 nitrogen and oxygen atoms in total. The first kappa shape index (κ1) is 23.4. The largest absolute Gasteiger partial charge is 0.356 e. The van der Waals surface area contributed by atoms with E-state index < -0.39 is 0 Å². The predicted octanol–water partition coefficient (Wildman–Crippen LogP) is 3.30. The molecule has 27 heavy (non-hydrogen) atoms. The van der Waals surface area contributed by atoms with Crippen molar-refractivity contribution >= 4 is 24.2 Å². The molecule has 152 valence electrons. The Morgan fingerprint density at radius 1 is 1.11 bits per heavy atom. The van der Waals surface area contributed by atoms with Crippen molar-refractivity contribution in [2.24, 2.45) is 5.92 Å². The summed E-state index contributed by atoms with van der Waals surface area (Å²) >= 11 is 0. The highest BCUT2D eigenvalue weighted by molar-refractivity contribution is 5.85. The van der Waals surface area contributed by atoms with E-state index in [1.165, 1.54) is 0 Å². The van der Waals surface area contributed by atoms with E-state index in [1.807, 2.05) is 23.1 Å². The normalized spacial score (nSPS) is 19.9. The maximum atomic E-state index is 12.5. The molecule has 1 aromatic carbocycles. The molecular weight excluding hydrogens is 362 g/mol. The summed E-state index contributed by atoms with van der Waals surface area (Å²) in [6.45, 7) is 7.19. The number of hydrogen-bond acceptors (Lipinski definition) is 3. The highest BCUT2D eigenvalue weighted by atomic mass is 35.5. The first-order valence-electron chi connectivity index (χ1n) is 9.89. The average molecular weight is 396 g/mol. The minimum absolute atomic E-state index is 0. The van der Waals surface area contributed by atoms with Gasteiger partial charge in [-0.3, -0.25) is 9.59 Å². The zero-order chi connectivity index (χ0) is 18.8. The van der Waals surface area contributed by atoms with Crippen LogP contribution in [0, 0.1) is 5.92 Å². The van der Waals surface area contributed by atoms with Crippen LogP contribution in [0.1, 0.15) is 57.6 Å². The van der Waals surface area contributed by atoms with Crippen LogP contribution in [-0.2, 0) is 9.59 Å². The fraction of sp³-hybridized carbons (Fsp3) is 0.619. The molecule has 1 aliphatic rings. The van der Waals surface area contributed by atoms with E-state index >= 15 is 0 Å². The van der Waals surface area contributed by atoms with Crippen LogP contribution in [0.4, 0.5) is 0 Å². The van der Waals surface area contributed by atoms with Gasteiger partial charge in [0.1, 0.15) is 0 Å². The summed E-state index contributed by atoms with van der Waals surface area (Å²) < 4.78 is 0. The molecule has 1 aromatic rings. The van der Waals surface area contributed by atoms with E-state index in [9.17, 15) is 9.59 Å². The van der Waals surface area contributed by atoms with Gasteiger partial charge in [0.05, 0.1) is 0 Å². The Labute approximate surface area is 169 Å². The van der Waals surface area contributed by atoms with Crippen LogP contribution in [0.5, 0.6) is 0 Å². The second-order valence-corrected chi connectivity index (χ2v) is 7.51. The molecule has 2 rings (SSSR count). The molecule has 0 saturated carbocycles. The predicted molar refractivity (Wildman–Crippen MR) is 112 cm³/mol. The van der Waals surface area contributed by atoms with Crippen LogP contribution in [0.3, 0.4) is 0 Å². The minimum atomic E-state index is 0. The number of rotatable bonds is 3.